The highest BCUT2D eigenvalue weighted by molar-refractivity contribution is 8.02. The summed E-state index contributed by atoms with van der Waals surface area (Å²) < 4.78 is 4.88. The number of para-hydroxylation sites is 1. The van der Waals surface area contributed by atoms with E-state index in [0.717, 1.165) is 41.1 Å². The zero-order chi connectivity index (χ0) is 33.9. The Labute approximate surface area is 283 Å². The lowest BCUT2D eigenvalue weighted by atomic mass is 9.65. The molecule has 252 valence electrons. The predicted molar refractivity (Wildman–Crippen MR) is 190 cm³/mol. The highest BCUT2D eigenvalue weighted by Gasteiger charge is 2.76. The van der Waals surface area contributed by atoms with Gasteiger partial charge in [-0.15, -0.1) is 24.9 Å². The molecule has 0 radical (unpaired) electrons. The van der Waals surface area contributed by atoms with E-state index in [2.05, 4.69) is 20.1 Å². The van der Waals surface area contributed by atoms with Crippen molar-refractivity contribution in [1.29, 1.82) is 0 Å². The van der Waals surface area contributed by atoms with Crippen molar-refractivity contribution in [1.82, 2.24) is 4.90 Å². The van der Waals surface area contributed by atoms with Gasteiger partial charge in [-0.25, -0.2) is 0 Å². The summed E-state index contributed by atoms with van der Waals surface area (Å²) in [4.78, 5) is 49.8. The van der Waals surface area contributed by atoms with Crippen LogP contribution >= 0.6 is 11.8 Å². The maximum absolute atomic E-state index is 15.1. The number of likely N-dealkylation sites (tertiary alicyclic amines) is 1. The minimum Gasteiger partial charge on any atom is -0.494 e. The minimum absolute atomic E-state index is 0.0498. The summed E-state index contributed by atoms with van der Waals surface area (Å²) in [5, 5.41) is 9.35. The second kappa shape index (κ2) is 14.7. The molecule has 0 aromatic heterocycles. The van der Waals surface area contributed by atoms with Crippen molar-refractivity contribution in [3.8, 4) is 5.75 Å². The quantitative estimate of drug-likeness (QED) is 0.188. The molecule has 3 saturated heterocycles. The summed E-state index contributed by atoms with van der Waals surface area (Å²) in [6, 6.07) is 12.7. The van der Waals surface area contributed by atoms with E-state index in [4.69, 9.17) is 4.74 Å². The number of hydrogen-bond acceptors (Lipinski definition) is 6. The summed E-state index contributed by atoms with van der Waals surface area (Å²) in [7, 11) is 0. The van der Waals surface area contributed by atoms with Gasteiger partial charge >= 0.3 is 0 Å². The number of aliphatic hydroxyl groups is 1. The van der Waals surface area contributed by atoms with Gasteiger partial charge in [-0.3, -0.25) is 14.4 Å². The third-order valence-electron chi connectivity index (χ3n) is 10.1. The Morgan fingerprint density at radius 3 is 2.30 bits per heavy atom. The van der Waals surface area contributed by atoms with Crippen LogP contribution in [0.2, 0.25) is 0 Å². The standard InChI is InChI=1S/C38H49N3O5S/c1-7-20-39(28-16-18-29(19-17-28)46-9-3)35(43)31-30-24-27(6)38(47-30)32(31)36(44)41(22-11-10-12-23-42)34(38)37(45)40(21-8-2)33-25(4)14-13-15-26(33)5/h7-8,13-19,27,30-32,34,42H,1-2,9-12,20-24H2,3-6H3/t27?,30-,31+,32-,34?,38?/m0/s1. The normalized spacial score (nSPS) is 25.9. The highest BCUT2D eigenvalue weighted by atomic mass is 32.2. The molecule has 3 heterocycles. The number of aliphatic hydroxyl groups excluding tert-OH is 1. The molecule has 9 heteroatoms. The fraction of sp³-hybridized carbons (Fsp3) is 0.500. The first kappa shape index (κ1) is 34.8. The topological polar surface area (TPSA) is 90.4 Å². The van der Waals surface area contributed by atoms with Crippen molar-refractivity contribution in [2.24, 2.45) is 17.8 Å². The molecule has 3 aliphatic heterocycles. The number of thioether (sulfide) groups is 1. The zero-order valence-corrected chi connectivity index (χ0v) is 29.0. The van der Waals surface area contributed by atoms with Gasteiger partial charge in [-0.05, 0) is 87.8 Å². The van der Waals surface area contributed by atoms with Crippen LogP contribution < -0.4 is 14.5 Å². The van der Waals surface area contributed by atoms with Crippen molar-refractivity contribution in [2.45, 2.75) is 69.4 Å². The number of nitrogens with zero attached hydrogens (tertiary/aromatic N) is 3. The molecule has 3 unspecified atom stereocenters. The lowest BCUT2D eigenvalue weighted by Gasteiger charge is -2.41. The number of carbonyl (C=O) groups excluding carboxylic acids is 3. The van der Waals surface area contributed by atoms with Crippen molar-refractivity contribution < 1.29 is 24.2 Å². The van der Waals surface area contributed by atoms with E-state index < -0.39 is 22.6 Å². The van der Waals surface area contributed by atoms with Crippen LogP contribution in [0, 0.1) is 31.6 Å². The second-order valence-corrected chi connectivity index (χ2v) is 14.6. The van der Waals surface area contributed by atoms with Gasteiger partial charge in [0.25, 0.3) is 5.91 Å². The predicted octanol–water partition coefficient (Wildman–Crippen LogP) is 5.94. The lowest BCUT2D eigenvalue weighted by Crippen LogP contribution is -2.58. The highest BCUT2D eigenvalue weighted by Crippen LogP contribution is 2.69. The number of aryl methyl sites for hydroxylation is 2. The molecule has 2 aromatic carbocycles. The largest absolute Gasteiger partial charge is 0.494 e. The maximum Gasteiger partial charge on any atom is 0.251 e. The van der Waals surface area contributed by atoms with Gasteiger partial charge < -0.3 is 24.5 Å². The van der Waals surface area contributed by atoms with Crippen LogP contribution in [-0.2, 0) is 14.4 Å². The number of rotatable bonds is 15. The molecule has 1 spiro atoms. The second-order valence-electron chi connectivity index (χ2n) is 13.0. The molecule has 3 amide bonds. The first-order valence-electron chi connectivity index (χ1n) is 16.9. The average Bonchev–Trinajstić information content (AvgIpc) is 3.65. The van der Waals surface area contributed by atoms with Gasteiger partial charge in [-0.2, -0.15) is 0 Å². The molecule has 3 fully saturated rings. The molecule has 47 heavy (non-hydrogen) atoms. The van der Waals surface area contributed by atoms with Crippen LogP contribution in [0.3, 0.4) is 0 Å². The molecule has 0 aliphatic carbocycles. The van der Waals surface area contributed by atoms with E-state index in [1.807, 2.05) is 63.2 Å². The van der Waals surface area contributed by atoms with E-state index in [-0.39, 0.29) is 35.5 Å². The van der Waals surface area contributed by atoms with Crippen molar-refractivity contribution in [2.75, 3.05) is 42.6 Å². The van der Waals surface area contributed by atoms with Gasteiger partial charge in [0.15, 0.2) is 0 Å². The number of fused-ring (bicyclic) bond motifs is 1. The van der Waals surface area contributed by atoms with E-state index in [1.54, 1.807) is 38.6 Å². The van der Waals surface area contributed by atoms with Crippen LogP contribution in [-0.4, -0.2) is 76.6 Å². The number of hydrogen-bond donors (Lipinski definition) is 1. The molecule has 8 nitrogen and oxygen atoms in total. The number of amides is 3. The number of anilines is 2. The Morgan fingerprint density at radius 1 is 1.02 bits per heavy atom. The van der Waals surface area contributed by atoms with E-state index in [1.165, 1.54) is 0 Å². The zero-order valence-electron chi connectivity index (χ0n) is 28.2. The Bertz CT molecular complexity index is 1470. The van der Waals surface area contributed by atoms with Crippen molar-refractivity contribution in [3.05, 3.63) is 78.9 Å². The number of carbonyl (C=O) groups is 3. The van der Waals surface area contributed by atoms with Gasteiger partial charge in [0.05, 0.1) is 23.2 Å². The molecule has 2 bridgehead atoms. The monoisotopic (exact) mass is 659 g/mol. The van der Waals surface area contributed by atoms with Crippen LogP contribution in [0.25, 0.3) is 0 Å². The van der Waals surface area contributed by atoms with Crippen LogP contribution in [0.5, 0.6) is 5.75 Å². The van der Waals surface area contributed by atoms with Gasteiger partial charge in [0, 0.05) is 42.9 Å². The Kier molecular flexibility index (Phi) is 10.9. The number of ether oxygens (including phenoxy) is 1. The lowest BCUT2D eigenvalue weighted by molar-refractivity contribution is -0.139. The Balaban J connectivity index is 1.57. The average molecular weight is 660 g/mol. The van der Waals surface area contributed by atoms with Gasteiger partial charge in [0.2, 0.25) is 11.8 Å². The van der Waals surface area contributed by atoms with Gasteiger partial charge in [0.1, 0.15) is 11.8 Å². The third kappa shape index (κ3) is 6.13. The molecule has 3 aliphatic rings. The summed E-state index contributed by atoms with van der Waals surface area (Å²) in [6.45, 7) is 17.6. The Morgan fingerprint density at radius 2 is 1.68 bits per heavy atom. The van der Waals surface area contributed by atoms with E-state index >= 15 is 4.79 Å². The van der Waals surface area contributed by atoms with Crippen LogP contribution in [0.15, 0.2) is 67.8 Å². The van der Waals surface area contributed by atoms with Crippen molar-refractivity contribution in [3.63, 3.8) is 0 Å². The number of unbranched alkanes of at least 4 members (excludes halogenated alkanes) is 2. The summed E-state index contributed by atoms with van der Waals surface area (Å²) in [5.74, 6) is -0.762. The molecule has 0 saturated carbocycles. The van der Waals surface area contributed by atoms with E-state index in [0.29, 0.717) is 39.1 Å². The van der Waals surface area contributed by atoms with Gasteiger partial charge in [-0.1, -0.05) is 37.3 Å². The van der Waals surface area contributed by atoms with E-state index in [9.17, 15) is 14.7 Å². The molecule has 2 aromatic rings. The molecule has 5 rings (SSSR count). The van der Waals surface area contributed by atoms with Crippen LogP contribution in [0.4, 0.5) is 11.4 Å². The molecule has 1 N–H and O–H groups in total. The third-order valence-corrected chi connectivity index (χ3v) is 12.2. The SMILES string of the molecule is C=CCN(C(=O)[C@@H]1[C@@H]2CC(C)C3(S2)C(C(=O)N(CC=C)c2c(C)cccc2C)N(CCCCCO)C(=O)[C@H]13)c1ccc(OCC)cc1. The fourth-order valence-electron chi connectivity index (χ4n) is 8.21. The van der Waals surface area contributed by atoms with Crippen LogP contribution in [0.1, 0.15) is 50.7 Å². The minimum atomic E-state index is -0.745. The Hall–Kier alpha value is -3.56. The summed E-state index contributed by atoms with van der Waals surface area (Å²) in [5.41, 5.74) is 3.52. The first-order chi connectivity index (χ1) is 22.7. The molecular formula is C38H49N3O5S. The first-order valence-corrected chi connectivity index (χ1v) is 17.8. The fourth-order valence-corrected chi connectivity index (χ4v) is 10.6. The number of benzene rings is 2. The summed E-state index contributed by atoms with van der Waals surface area (Å²) in [6.07, 6.45) is 6.24. The molecular weight excluding hydrogens is 611 g/mol. The summed E-state index contributed by atoms with van der Waals surface area (Å²) >= 11 is 1.69. The van der Waals surface area contributed by atoms with Crippen molar-refractivity contribution >= 4 is 40.9 Å². The maximum atomic E-state index is 15.1. The smallest absolute Gasteiger partial charge is 0.251 e. The molecule has 6 atom stereocenters.